The molecule has 1 spiro atoms. The minimum atomic E-state index is -2.06. The van der Waals surface area contributed by atoms with Gasteiger partial charge in [-0.2, -0.15) is 0 Å². The summed E-state index contributed by atoms with van der Waals surface area (Å²) < 4.78 is 37.0. The highest BCUT2D eigenvalue weighted by Crippen LogP contribution is 2.81. The van der Waals surface area contributed by atoms with E-state index in [0.717, 1.165) is 0 Å². The number of epoxide rings is 2. The van der Waals surface area contributed by atoms with Crippen molar-refractivity contribution in [2.45, 2.75) is 136 Å². The van der Waals surface area contributed by atoms with Crippen molar-refractivity contribution in [2.75, 3.05) is 0 Å². The molecule has 50 heavy (non-hydrogen) atoms. The number of aliphatic hydroxyl groups excluding tert-OH is 1. The van der Waals surface area contributed by atoms with E-state index in [4.69, 9.17) is 28.4 Å². The number of ketones is 1. The van der Waals surface area contributed by atoms with Crippen LogP contribution in [-0.4, -0.2) is 94.0 Å². The molecule has 3 aliphatic heterocycles. The SMILES string of the molecule is CC(=O)O[C@H]1[C@@H]2[C@H]([C@H](C)[C@H]3O[C@]34OC(=O)[C@@](C)(O)[C@]24C)[C@@]2(C)[C@@H](OC(C)=O)CC3C(C(O)C(=O)[C@H]4C[C@@H]5O[C@@H]5[C@H](OC(=O)CC(C)C)[C@]34C)[C@H]12. The molecule has 0 amide bonds. The monoisotopic (exact) mass is 702 g/mol. The lowest BCUT2D eigenvalue weighted by Gasteiger charge is -2.63. The van der Waals surface area contributed by atoms with Crippen LogP contribution in [-0.2, 0) is 52.4 Å². The highest BCUT2D eigenvalue weighted by atomic mass is 16.8. The molecule has 5 aliphatic carbocycles. The zero-order valence-electron chi connectivity index (χ0n) is 30.2. The zero-order chi connectivity index (χ0) is 36.4. The Morgan fingerprint density at radius 3 is 2.22 bits per heavy atom. The van der Waals surface area contributed by atoms with Crippen molar-refractivity contribution < 1.29 is 62.6 Å². The lowest BCUT2D eigenvalue weighted by atomic mass is 9.41. The molecule has 3 heterocycles. The Morgan fingerprint density at radius 1 is 0.940 bits per heavy atom. The van der Waals surface area contributed by atoms with Crippen molar-refractivity contribution in [3.63, 3.8) is 0 Å². The molecule has 19 atom stereocenters. The van der Waals surface area contributed by atoms with Crippen LogP contribution in [0.3, 0.4) is 0 Å². The molecule has 13 nitrogen and oxygen atoms in total. The minimum Gasteiger partial charge on any atom is -0.462 e. The summed E-state index contributed by atoms with van der Waals surface area (Å²) in [6.07, 6.45) is -4.69. The maximum absolute atomic E-state index is 14.5. The van der Waals surface area contributed by atoms with Gasteiger partial charge in [-0.25, -0.2) is 4.79 Å². The molecule has 0 radical (unpaired) electrons. The van der Waals surface area contributed by atoms with Gasteiger partial charge in [0.25, 0.3) is 0 Å². The summed E-state index contributed by atoms with van der Waals surface area (Å²) in [7, 11) is 0. The third kappa shape index (κ3) is 3.90. The van der Waals surface area contributed by atoms with E-state index >= 15 is 0 Å². The summed E-state index contributed by atoms with van der Waals surface area (Å²) in [6.45, 7) is 15.4. The number of carbonyl (C=O) groups excluding carboxylic acids is 5. The third-order valence-corrected chi connectivity index (χ3v) is 15.3. The normalized spacial score (nSPS) is 56.3. The second-order valence-corrected chi connectivity index (χ2v) is 17.9. The topological polar surface area (TPSA) is 188 Å². The molecule has 0 aromatic heterocycles. The van der Waals surface area contributed by atoms with Gasteiger partial charge >= 0.3 is 23.9 Å². The summed E-state index contributed by atoms with van der Waals surface area (Å²) in [5.41, 5.74) is -5.56. The summed E-state index contributed by atoms with van der Waals surface area (Å²) >= 11 is 0. The van der Waals surface area contributed by atoms with E-state index in [0.29, 0.717) is 6.42 Å². The smallest absolute Gasteiger partial charge is 0.341 e. The van der Waals surface area contributed by atoms with Gasteiger partial charge in [-0.1, -0.05) is 34.6 Å². The van der Waals surface area contributed by atoms with E-state index in [1.807, 2.05) is 34.6 Å². The Morgan fingerprint density at radius 2 is 1.60 bits per heavy atom. The summed E-state index contributed by atoms with van der Waals surface area (Å²) in [4.78, 5) is 67.3. The molecule has 13 heteroatoms. The lowest BCUT2D eigenvalue weighted by molar-refractivity contribution is -0.236. The predicted molar refractivity (Wildman–Crippen MR) is 168 cm³/mol. The summed E-state index contributed by atoms with van der Waals surface area (Å²) in [6, 6.07) is 0. The molecule has 3 saturated heterocycles. The minimum absolute atomic E-state index is 0.0359. The Bertz CT molecular complexity index is 1570. The Balaban J connectivity index is 1.33. The molecular formula is C37H50O13. The average molecular weight is 703 g/mol. The molecule has 8 aliphatic rings. The maximum atomic E-state index is 14.5. The zero-order valence-corrected chi connectivity index (χ0v) is 30.2. The van der Waals surface area contributed by atoms with Crippen LogP contribution in [0.4, 0.5) is 0 Å². The maximum Gasteiger partial charge on any atom is 0.341 e. The van der Waals surface area contributed by atoms with Crippen LogP contribution in [0, 0.1) is 63.6 Å². The molecule has 5 saturated carbocycles. The first-order valence-electron chi connectivity index (χ1n) is 18.2. The highest BCUT2D eigenvalue weighted by Gasteiger charge is 2.93. The fraction of sp³-hybridized carbons (Fsp3) is 0.865. The van der Waals surface area contributed by atoms with E-state index < -0.39 is 124 Å². The summed E-state index contributed by atoms with van der Waals surface area (Å²) in [5, 5.41) is 24.3. The van der Waals surface area contributed by atoms with Gasteiger partial charge < -0.3 is 38.6 Å². The Kier molecular flexibility index (Phi) is 7.09. The standard InChI is InChI=1S/C37H50O13/c1-13(2)10-21(40)48-31-28-19(47-28)11-18-26(41)27(42)22-17(33(18,31)6)12-20(45-15(4)38)34(7)23-14(3)30-37(49-30)35(8,36(9,44)32(43)50-37)25(23)29(24(22)34)46-16(5)39/h13-14,17-20,22-25,27-31,42,44H,10-12H2,1-9H3/t14-,17?,18+,19-,20-,22?,23-,24+,25-,27?,28-,29+,30+,31-,33+,34+,35-,36+,37-/m0/s1. The molecule has 3 unspecified atom stereocenters. The van der Waals surface area contributed by atoms with E-state index in [2.05, 4.69) is 0 Å². The fourth-order valence-corrected chi connectivity index (χ4v) is 13.1. The van der Waals surface area contributed by atoms with Gasteiger partial charge in [0.1, 0.15) is 36.6 Å². The van der Waals surface area contributed by atoms with Crippen LogP contribution >= 0.6 is 0 Å². The number of hydrogen-bond donors (Lipinski definition) is 2. The summed E-state index contributed by atoms with van der Waals surface area (Å²) in [5.74, 6) is -8.68. The number of esters is 4. The van der Waals surface area contributed by atoms with Crippen LogP contribution in [0.15, 0.2) is 0 Å². The van der Waals surface area contributed by atoms with Crippen LogP contribution in [0.1, 0.15) is 81.6 Å². The van der Waals surface area contributed by atoms with Crippen molar-refractivity contribution in [3.8, 4) is 0 Å². The molecule has 0 aromatic rings. The highest BCUT2D eigenvalue weighted by molar-refractivity contribution is 5.88. The number of aliphatic hydroxyl groups is 2. The van der Waals surface area contributed by atoms with Gasteiger partial charge in [-0.05, 0) is 50.4 Å². The fourth-order valence-electron chi connectivity index (χ4n) is 13.1. The van der Waals surface area contributed by atoms with Crippen molar-refractivity contribution in [3.05, 3.63) is 0 Å². The van der Waals surface area contributed by atoms with Crippen LogP contribution < -0.4 is 0 Å². The van der Waals surface area contributed by atoms with E-state index in [9.17, 15) is 34.2 Å². The van der Waals surface area contributed by atoms with Crippen molar-refractivity contribution in [1.29, 1.82) is 0 Å². The number of fused-ring (bicyclic) bond motifs is 9. The molecule has 0 bridgehead atoms. The van der Waals surface area contributed by atoms with Gasteiger partial charge in [0.15, 0.2) is 11.4 Å². The van der Waals surface area contributed by atoms with Crippen molar-refractivity contribution >= 4 is 29.7 Å². The molecule has 2 N–H and O–H groups in total. The first-order valence-corrected chi connectivity index (χ1v) is 18.2. The first-order chi connectivity index (χ1) is 23.2. The number of hydrogen-bond acceptors (Lipinski definition) is 13. The number of Topliss-reactive ketones (excluding diaryl/α,β-unsaturated/α-hetero) is 1. The van der Waals surface area contributed by atoms with Crippen molar-refractivity contribution in [1.82, 2.24) is 0 Å². The number of carbonyl (C=O) groups is 5. The van der Waals surface area contributed by atoms with E-state index in [-0.39, 0.29) is 36.6 Å². The van der Waals surface area contributed by atoms with Crippen LogP contribution in [0.2, 0.25) is 0 Å². The third-order valence-electron chi connectivity index (χ3n) is 15.3. The average Bonchev–Trinajstić information content (AvgIpc) is 3.90. The predicted octanol–water partition coefficient (Wildman–Crippen LogP) is 2.11. The number of ether oxygens (including phenoxy) is 6. The van der Waals surface area contributed by atoms with E-state index in [1.165, 1.54) is 20.8 Å². The largest absolute Gasteiger partial charge is 0.462 e. The number of rotatable bonds is 5. The molecule has 0 aromatic carbocycles. The van der Waals surface area contributed by atoms with Crippen LogP contribution in [0.5, 0.6) is 0 Å². The molecule has 276 valence electrons. The van der Waals surface area contributed by atoms with Crippen molar-refractivity contribution in [2.24, 2.45) is 63.6 Å². The molecule has 8 fully saturated rings. The van der Waals surface area contributed by atoms with Crippen LogP contribution in [0.25, 0.3) is 0 Å². The van der Waals surface area contributed by atoms with Gasteiger partial charge in [-0.3, -0.25) is 19.2 Å². The van der Waals surface area contributed by atoms with Gasteiger partial charge in [0, 0.05) is 54.8 Å². The quantitative estimate of drug-likeness (QED) is 0.241. The second-order valence-electron chi connectivity index (χ2n) is 17.9. The molecular weight excluding hydrogens is 652 g/mol. The van der Waals surface area contributed by atoms with Gasteiger partial charge in [0.05, 0.1) is 11.5 Å². The Hall–Kier alpha value is -2.61. The van der Waals surface area contributed by atoms with E-state index in [1.54, 1.807) is 6.92 Å². The van der Waals surface area contributed by atoms with Gasteiger partial charge in [0.2, 0.25) is 5.79 Å². The molecule has 8 rings (SSSR count). The lowest BCUT2D eigenvalue weighted by Crippen LogP contribution is -2.70. The first kappa shape index (κ1) is 34.5. The van der Waals surface area contributed by atoms with Gasteiger partial charge in [-0.15, -0.1) is 0 Å². The Labute approximate surface area is 291 Å². The second kappa shape index (κ2) is 10.3.